The van der Waals surface area contributed by atoms with Gasteiger partial charge in [0.15, 0.2) is 0 Å². The van der Waals surface area contributed by atoms with Gasteiger partial charge in [0.05, 0.1) is 23.6 Å². The van der Waals surface area contributed by atoms with E-state index in [-0.39, 0.29) is 18.2 Å². The summed E-state index contributed by atoms with van der Waals surface area (Å²) in [6.07, 6.45) is 3.30. The molecule has 0 aliphatic heterocycles. The Labute approximate surface area is 277 Å². The minimum Gasteiger partial charge on any atom is -0.481 e. The molecule has 0 aliphatic rings. The van der Waals surface area contributed by atoms with Crippen LogP contribution in [0.5, 0.6) is 5.88 Å². The third-order valence-corrected chi connectivity index (χ3v) is 7.94. The minimum absolute atomic E-state index is 0.178. The molecule has 0 saturated heterocycles. The van der Waals surface area contributed by atoms with Gasteiger partial charge in [0.2, 0.25) is 11.8 Å². The SMILES string of the molecule is COc1cc(B(O)OCCNc2ncc(-c3ccccc3)c(N[C@@H](C)c3cc4cccc(Cl)c4c(=O)n3-c3ccccc3)n2)ccn1. The summed E-state index contributed by atoms with van der Waals surface area (Å²) in [6.45, 7) is 2.49. The first kappa shape index (κ1) is 31.7. The van der Waals surface area contributed by atoms with E-state index in [1.807, 2.05) is 85.8 Å². The van der Waals surface area contributed by atoms with Gasteiger partial charge >= 0.3 is 7.12 Å². The molecule has 3 N–H and O–H groups in total. The van der Waals surface area contributed by atoms with Crippen LogP contribution in [0, 0.1) is 0 Å². The number of fused-ring (bicyclic) bond motifs is 1. The van der Waals surface area contributed by atoms with Crippen LogP contribution >= 0.6 is 11.6 Å². The van der Waals surface area contributed by atoms with Crippen LogP contribution in [0.3, 0.4) is 0 Å². The van der Waals surface area contributed by atoms with Gasteiger partial charge in [-0.3, -0.25) is 9.36 Å². The molecule has 3 aromatic heterocycles. The van der Waals surface area contributed by atoms with Gasteiger partial charge in [0.1, 0.15) is 5.82 Å². The Morgan fingerprint density at radius 2 is 1.74 bits per heavy atom. The van der Waals surface area contributed by atoms with Crippen molar-refractivity contribution in [3.63, 3.8) is 0 Å². The maximum Gasteiger partial charge on any atom is 0.491 e. The molecule has 0 radical (unpaired) electrons. The smallest absolute Gasteiger partial charge is 0.481 e. The van der Waals surface area contributed by atoms with Crippen molar-refractivity contribution in [3.8, 4) is 22.7 Å². The first-order chi connectivity index (χ1) is 22.9. The fourth-order valence-corrected chi connectivity index (χ4v) is 5.57. The van der Waals surface area contributed by atoms with Gasteiger partial charge in [-0.05, 0) is 53.7 Å². The molecule has 47 heavy (non-hydrogen) atoms. The minimum atomic E-state index is -1.15. The Kier molecular flexibility index (Phi) is 9.77. The highest BCUT2D eigenvalue weighted by molar-refractivity contribution is 6.60. The molecule has 0 saturated carbocycles. The van der Waals surface area contributed by atoms with Crippen molar-refractivity contribution in [2.45, 2.75) is 13.0 Å². The van der Waals surface area contributed by atoms with Gasteiger partial charge in [-0.1, -0.05) is 72.3 Å². The number of halogens is 1. The van der Waals surface area contributed by atoms with Crippen molar-refractivity contribution in [3.05, 3.63) is 131 Å². The summed E-state index contributed by atoms with van der Waals surface area (Å²) >= 11 is 6.52. The van der Waals surface area contributed by atoms with E-state index in [1.165, 1.54) is 7.11 Å². The summed E-state index contributed by atoms with van der Waals surface area (Å²) in [5.41, 5.74) is 3.51. The van der Waals surface area contributed by atoms with E-state index >= 15 is 0 Å². The second-order valence-electron chi connectivity index (χ2n) is 10.7. The van der Waals surface area contributed by atoms with Gasteiger partial charge < -0.3 is 25.0 Å². The zero-order valence-corrected chi connectivity index (χ0v) is 26.6. The summed E-state index contributed by atoms with van der Waals surface area (Å²) in [7, 11) is 0.364. The van der Waals surface area contributed by atoms with Gasteiger partial charge in [0.25, 0.3) is 5.56 Å². The number of pyridine rings is 2. The maximum atomic E-state index is 14.0. The van der Waals surface area contributed by atoms with E-state index in [0.29, 0.717) is 40.1 Å². The average molecular weight is 647 g/mol. The third-order valence-electron chi connectivity index (χ3n) is 7.62. The molecule has 236 valence electrons. The fraction of sp³-hybridized carbons (Fsp3) is 0.143. The molecule has 10 nitrogen and oxygen atoms in total. The Morgan fingerprint density at radius 1 is 0.979 bits per heavy atom. The van der Waals surface area contributed by atoms with Crippen LogP contribution in [0.4, 0.5) is 11.8 Å². The van der Waals surface area contributed by atoms with Crippen LogP contribution in [0.1, 0.15) is 18.7 Å². The highest BCUT2D eigenvalue weighted by atomic mass is 35.5. The lowest BCUT2D eigenvalue weighted by Crippen LogP contribution is -2.35. The first-order valence-corrected chi connectivity index (χ1v) is 15.4. The van der Waals surface area contributed by atoms with E-state index in [4.69, 9.17) is 26.0 Å². The quantitative estimate of drug-likeness (QED) is 0.117. The summed E-state index contributed by atoms with van der Waals surface area (Å²) in [5.74, 6) is 1.33. The highest BCUT2D eigenvalue weighted by Crippen LogP contribution is 2.31. The molecule has 3 heterocycles. The maximum absolute atomic E-state index is 14.0. The number of anilines is 2. The topological polar surface area (TPSA) is 123 Å². The van der Waals surface area contributed by atoms with E-state index in [0.717, 1.165) is 27.9 Å². The van der Waals surface area contributed by atoms with E-state index in [1.54, 1.807) is 35.2 Å². The monoisotopic (exact) mass is 646 g/mol. The zero-order chi connectivity index (χ0) is 32.8. The molecule has 3 aromatic carbocycles. The number of hydrogen-bond donors (Lipinski definition) is 3. The van der Waals surface area contributed by atoms with Crippen LogP contribution in [0.15, 0.2) is 114 Å². The molecule has 0 spiro atoms. The second kappa shape index (κ2) is 14.5. The summed E-state index contributed by atoms with van der Waals surface area (Å²) in [4.78, 5) is 27.4. The van der Waals surface area contributed by atoms with Crippen molar-refractivity contribution >= 4 is 46.7 Å². The van der Waals surface area contributed by atoms with Crippen LogP contribution in [-0.4, -0.2) is 51.9 Å². The standard InChI is InChI=1S/C35H32BClN6O4/c1-23(30-20-25-12-9-15-29(37)32(25)34(44)43(30)27-13-7-4-8-14-27)41-33-28(24-10-5-3-6-11-24)22-40-35(42-33)39-18-19-47-36(45)26-16-17-38-31(21-26)46-2/h3-17,20-23,45H,18-19H2,1-2H3,(H2,39,40,41,42)/t23-/m0/s1. The van der Waals surface area contributed by atoms with Crippen molar-refractivity contribution in [2.75, 3.05) is 30.9 Å². The Balaban J connectivity index is 1.28. The molecule has 1 atom stereocenters. The van der Waals surface area contributed by atoms with E-state index in [2.05, 4.69) is 20.6 Å². The molecular weight excluding hydrogens is 615 g/mol. The summed E-state index contributed by atoms with van der Waals surface area (Å²) < 4.78 is 12.4. The number of aromatic nitrogens is 4. The molecule has 0 fully saturated rings. The number of rotatable bonds is 12. The summed E-state index contributed by atoms with van der Waals surface area (Å²) in [5, 5.41) is 18.8. The number of para-hydroxylation sites is 1. The van der Waals surface area contributed by atoms with Gasteiger partial charge in [-0.15, -0.1) is 0 Å². The van der Waals surface area contributed by atoms with Crippen LogP contribution < -0.4 is 26.4 Å². The van der Waals surface area contributed by atoms with E-state index < -0.39 is 7.12 Å². The zero-order valence-electron chi connectivity index (χ0n) is 25.8. The second-order valence-corrected chi connectivity index (χ2v) is 11.1. The first-order valence-electron chi connectivity index (χ1n) is 15.0. The number of benzene rings is 3. The van der Waals surface area contributed by atoms with Crippen molar-refractivity contribution in [2.24, 2.45) is 0 Å². The Hall–Kier alpha value is -5.23. The average Bonchev–Trinajstić information content (AvgIpc) is 3.10. The van der Waals surface area contributed by atoms with Gasteiger partial charge in [0, 0.05) is 48.6 Å². The molecule has 6 rings (SSSR count). The van der Waals surface area contributed by atoms with E-state index in [9.17, 15) is 9.82 Å². The lowest BCUT2D eigenvalue weighted by atomic mass is 9.80. The molecular formula is C35H32BClN6O4. The van der Waals surface area contributed by atoms with Gasteiger partial charge in [-0.25, -0.2) is 9.97 Å². The normalized spacial score (nSPS) is 11.7. The predicted octanol–water partition coefficient (Wildman–Crippen LogP) is 5.49. The number of nitrogens with zero attached hydrogens (tertiary/aromatic N) is 4. The van der Waals surface area contributed by atoms with Crippen molar-refractivity contribution in [1.29, 1.82) is 0 Å². The lowest BCUT2D eigenvalue weighted by molar-refractivity contribution is 0.281. The number of hydrogen-bond acceptors (Lipinski definition) is 9. The predicted molar refractivity (Wildman–Crippen MR) is 187 cm³/mol. The Morgan fingerprint density at radius 3 is 2.51 bits per heavy atom. The molecule has 0 aliphatic carbocycles. The molecule has 0 amide bonds. The summed E-state index contributed by atoms with van der Waals surface area (Å²) in [6, 6.07) is 29.7. The van der Waals surface area contributed by atoms with Crippen LogP contribution in [-0.2, 0) is 4.65 Å². The lowest BCUT2D eigenvalue weighted by Gasteiger charge is -2.23. The molecule has 0 bridgehead atoms. The molecule has 12 heteroatoms. The molecule has 6 aromatic rings. The number of methoxy groups -OCH3 is 1. The van der Waals surface area contributed by atoms with Crippen LogP contribution in [0.2, 0.25) is 5.02 Å². The largest absolute Gasteiger partial charge is 0.491 e. The van der Waals surface area contributed by atoms with Crippen molar-refractivity contribution in [1.82, 2.24) is 19.5 Å². The highest BCUT2D eigenvalue weighted by Gasteiger charge is 2.21. The van der Waals surface area contributed by atoms with Crippen molar-refractivity contribution < 1.29 is 14.4 Å². The number of nitrogens with one attached hydrogen (secondary N) is 2. The number of ether oxygens (including phenoxy) is 1. The van der Waals surface area contributed by atoms with Crippen LogP contribution in [0.25, 0.3) is 27.6 Å². The fourth-order valence-electron chi connectivity index (χ4n) is 5.31. The third kappa shape index (κ3) is 7.12. The Bertz CT molecular complexity index is 2050. The van der Waals surface area contributed by atoms with Gasteiger partial charge in [-0.2, -0.15) is 4.98 Å². The molecule has 0 unspecified atom stereocenters.